The Labute approximate surface area is 162 Å². The molecule has 0 unspecified atom stereocenters. The Hall–Kier alpha value is -2.87. The van der Waals surface area contributed by atoms with E-state index in [1.54, 1.807) is 0 Å². The van der Waals surface area contributed by atoms with E-state index in [0.717, 1.165) is 23.2 Å². The summed E-state index contributed by atoms with van der Waals surface area (Å²) >= 11 is 0. The van der Waals surface area contributed by atoms with Crippen LogP contribution in [0.4, 0.5) is 5.69 Å². The van der Waals surface area contributed by atoms with Gasteiger partial charge in [0.15, 0.2) is 0 Å². The van der Waals surface area contributed by atoms with Gasteiger partial charge in [-0.3, -0.25) is 4.79 Å². The van der Waals surface area contributed by atoms with Gasteiger partial charge >= 0.3 is 0 Å². The van der Waals surface area contributed by atoms with Gasteiger partial charge in [-0.15, -0.1) is 0 Å². The van der Waals surface area contributed by atoms with Crippen LogP contribution >= 0.6 is 0 Å². The third-order valence-corrected chi connectivity index (χ3v) is 5.17. The van der Waals surface area contributed by atoms with E-state index in [1.165, 1.54) is 5.56 Å². The molecule has 27 heavy (non-hydrogen) atoms. The van der Waals surface area contributed by atoms with Crippen LogP contribution in [0.3, 0.4) is 0 Å². The minimum atomic E-state index is 0.0446. The monoisotopic (exact) mass is 357 g/mol. The van der Waals surface area contributed by atoms with Crippen LogP contribution in [0, 0.1) is 0 Å². The maximum absolute atomic E-state index is 12.9. The van der Waals surface area contributed by atoms with Crippen LogP contribution in [0.15, 0.2) is 84.9 Å². The number of para-hydroxylation sites is 1. The van der Waals surface area contributed by atoms with Crippen LogP contribution in [0.1, 0.15) is 55.2 Å². The minimum absolute atomic E-state index is 0.0446. The van der Waals surface area contributed by atoms with Crippen LogP contribution in [0.25, 0.3) is 0 Å². The quantitative estimate of drug-likeness (QED) is 0.523. The molecule has 0 aliphatic carbocycles. The molecule has 2 nitrogen and oxygen atoms in total. The van der Waals surface area contributed by atoms with Gasteiger partial charge in [0.05, 0.1) is 0 Å². The zero-order chi connectivity index (χ0) is 19.1. The predicted molar refractivity (Wildman–Crippen MR) is 113 cm³/mol. The Balaban J connectivity index is 1.82. The van der Waals surface area contributed by atoms with E-state index in [0.29, 0.717) is 12.3 Å². The van der Waals surface area contributed by atoms with Crippen LogP contribution in [0.5, 0.6) is 0 Å². The fraction of sp³-hybridized carbons (Fsp3) is 0.240. The summed E-state index contributed by atoms with van der Waals surface area (Å²) in [5.41, 5.74) is 4.45. The molecule has 0 aliphatic heterocycles. The molecule has 0 bridgehead atoms. The van der Waals surface area contributed by atoms with Gasteiger partial charge in [-0.2, -0.15) is 0 Å². The molecule has 3 rings (SSSR count). The summed E-state index contributed by atoms with van der Waals surface area (Å²) in [6.45, 7) is 4.37. The number of carbonyl (C=O) groups excluding carboxylic acids is 1. The smallest absolute Gasteiger partial charge is 0.225 e. The van der Waals surface area contributed by atoms with Gasteiger partial charge in [0.2, 0.25) is 5.91 Å². The number of rotatable bonds is 7. The van der Waals surface area contributed by atoms with Gasteiger partial charge in [0, 0.05) is 18.0 Å². The van der Waals surface area contributed by atoms with Gasteiger partial charge in [0.1, 0.15) is 0 Å². The van der Waals surface area contributed by atoms with E-state index >= 15 is 0 Å². The van der Waals surface area contributed by atoms with Gasteiger partial charge in [-0.1, -0.05) is 92.7 Å². The lowest BCUT2D eigenvalue weighted by atomic mass is 9.88. The average molecular weight is 357 g/mol. The van der Waals surface area contributed by atoms with E-state index in [-0.39, 0.29) is 11.8 Å². The lowest BCUT2D eigenvalue weighted by Crippen LogP contribution is -2.17. The van der Waals surface area contributed by atoms with Crippen molar-refractivity contribution in [1.29, 1.82) is 0 Å². The fourth-order valence-corrected chi connectivity index (χ4v) is 3.45. The number of benzene rings is 3. The standard InChI is InChI=1S/C25H27NO/c1-3-19(2)22-16-10-11-17-24(22)26-25(27)18-23(20-12-6-4-7-13-20)21-14-8-5-9-15-21/h4-17,19,23H,3,18H2,1-2H3,(H,26,27)/t19-/m1/s1. The predicted octanol–water partition coefficient (Wildman–Crippen LogP) is 6.36. The molecule has 0 saturated heterocycles. The van der Waals surface area contributed by atoms with Gasteiger partial charge < -0.3 is 5.32 Å². The third kappa shape index (κ3) is 4.85. The minimum Gasteiger partial charge on any atom is -0.326 e. The number of amides is 1. The van der Waals surface area contributed by atoms with Crippen molar-refractivity contribution in [2.75, 3.05) is 5.32 Å². The van der Waals surface area contributed by atoms with Crippen LogP contribution in [-0.2, 0) is 4.79 Å². The van der Waals surface area contributed by atoms with Crippen molar-refractivity contribution in [2.45, 2.75) is 38.5 Å². The largest absolute Gasteiger partial charge is 0.326 e. The van der Waals surface area contributed by atoms with Crippen molar-refractivity contribution in [3.63, 3.8) is 0 Å². The molecule has 2 heteroatoms. The Morgan fingerprint density at radius 3 is 1.89 bits per heavy atom. The highest BCUT2D eigenvalue weighted by Crippen LogP contribution is 2.30. The summed E-state index contributed by atoms with van der Waals surface area (Å²) in [5.74, 6) is 0.507. The van der Waals surface area contributed by atoms with Crippen molar-refractivity contribution in [2.24, 2.45) is 0 Å². The molecule has 0 spiro atoms. The Kier molecular flexibility index (Phi) is 6.43. The number of nitrogens with one attached hydrogen (secondary N) is 1. The Morgan fingerprint density at radius 1 is 0.815 bits per heavy atom. The molecule has 3 aromatic carbocycles. The number of carbonyl (C=O) groups is 1. The van der Waals surface area contributed by atoms with E-state index in [2.05, 4.69) is 49.5 Å². The highest BCUT2D eigenvalue weighted by atomic mass is 16.1. The zero-order valence-corrected chi connectivity index (χ0v) is 16.1. The average Bonchev–Trinajstić information content (AvgIpc) is 2.73. The molecule has 0 fully saturated rings. The zero-order valence-electron chi connectivity index (χ0n) is 16.1. The van der Waals surface area contributed by atoms with Crippen molar-refractivity contribution < 1.29 is 4.79 Å². The van der Waals surface area contributed by atoms with Crippen LogP contribution < -0.4 is 5.32 Å². The highest BCUT2D eigenvalue weighted by Gasteiger charge is 2.19. The summed E-state index contributed by atoms with van der Waals surface area (Å²) in [5, 5.41) is 3.16. The van der Waals surface area contributed by atoms with Crippen molar-refractivity contribution in [3.05, 3.63) is 102 Å². The molecule has 1 N–H and O–H groups in total. The third-order valence-electron chi connectivity index (χ3n) is 5.17. The van der Waals surface area contributed by atoms with Crippen molar-refractivity contribution in [1.82, 2.24) is 0 Å². The second-order valence-corrected chi connectivity index (χ2v) is 7.02. The van der Waals surface area contributed by atoms with E-state index in [9.17, 15) is 4.79 Å². The van der Waals surface area contributed by atoms with Gasteiger partial charge in [-0.05, 0) is 35.1 Å². The normalized spacial score (nSPS) is 12.0. The fourth-order valence-electron chi connectivity index (χ4n) is 3.45. The van der Waals surface area contributed by atoms with E-state index < -0.39 is 0 Å². The molecule has 0 aromatic heterocycles. The van der Waals surface area contributed by atoms with Crippen molar-refractivity contribution in [3.8, 4) is 0 Å². The summed E-state index contributed by atoms with van der Waals surface area (Å²) in [6.07, 6.45) is 1.46. The first-order valence-electron chi connectivity index (χ1n) is 9.67. The SMILES string of the molecule is CC[C@@H](C)c1ccccc1NC(=O)CC(c1ccccc1)c1ccccc1. The number of hydrogen-bond acceptors (Lipinski definition) is 1. The summed E-state index contributed by atoms with van der Waals surface area (Å²) in [6, 6.07) is 28.6. The molecule has 3 aromatic rings. The maximum Gasteiger partial charge on any atom is 0.225 e. The molecular weight excluding hydrogens is 330 g/mol. The molecule has 0 radical (unpaired) electrons. The molecule has 0 saturated carbocycles. The molecule has 1 atom stereocenters. The molecule has 0 aliphatic rings. The summed E-state index contributed by atoms with van der Waals surface area (Å²) < 4.78 is 0. The Morgan fingerprint density at radius 2 is 1.33 bits per heavy atom. The van der Waals surface area contributed by atoms with Gasteiger partial charge in [-0.25, -0.2) is 0 Å². The lowest BCUT2D eigenvalue weighted by Gasteiger charge is -2.20. The second-order valence-electron chi connectivity index (χ2n) is 7.02. The van der Waals surface area contributed by atoms with E-state index in [4.69, 9.17) is 0 Å². The molecular formula is C25H27NO. The van der Waals surface area contributed by atoms with Crippen LogP contribution in [0.2, 0.25) is 0 Å². The lowest BCUT2D eigenvalue weighted by molar-refractivity contribution is -0.116. The first-order chi connectivity index (χ1) is 13.2. The second kappa shape index (κ2) is 9.18. The maximum atomic E-state index is 12.9. The summed E-state index contributed by atoms with van der Waals surface area (Å²) in [7, 11) is 0. The Bertz CT molecular complexity index is 818. The highest BCUT2D eigenvalue weighted by molar-refractivity contribution is 5.92. The van der Waals surface area contributed by atoms with Crippen LogP contribution in [-0.4, -0.2) is 5.91 Å². The molecule has 1 amide bonds. The molecule has 138 valence electrons. The summed E-state index contributed by atoms with van der Waals surface area (Å²) in [4.78, 5) is 12.9. The molecule has 0 heterocycles. The topological polar surface area (TPSA) is 29.1 Å². The first-order valence-corrected chi connectivity index (χ1v) is 9.67. The van der Waals surface area contributed by atoms with Crippen molar-refractivity contribution >= 4 is 11.6 Å². The number of hydrogen-bond donors (Lipinski definition) is 1. The number of anilines is 1. The van der Waals surface area contributed by atoms with E-state index in [1.807, 2.05) is 54.6 Å². The van der Waals surface area contributed by atoms with Gasteiger partial charge in [0.25, 0.3) is 0 Å². The first kappa shape index (κ1) is 18.9.